The zero-order valence-electron chi connectivity index (χ0n) is 10.5. The summed E-state index contributed by atoms with van der Waals surface area (Å²) in [5.74, 6) is 0. The van der Waals surface area contributed by atoms with Crippen molar-refractivity contribution in [3.8, 4) is 0 Å². The smallest absolute Gasteiger partial charge is 0.0724 e. The van der Waals surface area contributed by atoms with Gasteiger partial charge in [0, 0.05) is 18.8 Å². The van der Waals surface area contributed by atoms with E-state index in [-0.39, 0.29) is 0 Å². The monoisotopic (exact) mass is 234 g/mol. The summed E-state index contributed by atoms with van der Waals surface area (Å²) < 4.78 is 5.46. The molecule has 0 aliphatic heterocycles. The lowest BCUT2D eigenvalue weighted by Crippen LogP contribution is -2.37. The second-order valence-corrected chi connectivity index (χ2v) is 4.76. The van der Waals surface area contributed by atoms with E-state index in [4.69, 9.17) is 10.5 Å². The molecule has 1 fully saturated rings. The summed E-state index contributed by atoms with van der Waals surface area (Å²) in [4.78, 5) is 0. The number of anilines is 1. The van der Waals surface area contributed by atoms with Gasteiger partial charge in [-0.1, -0.05) is 12.1 Å². The van der Waals surface area contributed by atoms with Gasteiger partial charge in [-0.05, 0) is 49.9 Å². The Morgan fingerprint density at radius 3 is 2.76 bits per heavy atom. The van der Waals surface area contributed by atoms with Crippen LogP contribution in [0.1, 0.15) is 24.8 Å². The summed E-state index contributed by atoms with van der Waals surface area (Å²) in [6, 6.07) is 8.65. The van der Waals surface area contributed by atoms with Crippen LogP contribution in [0.15, 0.2) is 24.3 Å². The molecule has 0 saturated heterocycles. The summed E-state index contributed by atoms with van der Waals surface area (Å²) in [5, 5.41) is 3.59. The minimum atomic E-state index is 0.404. The standard InChI is InChI=1S/C14H22N2O/c1-17-14-4-2-3-13(14)16-10-9-11-5-7-12(15)8-6-11/h5-8,13-14,16H,2-4,9-10,15H2,1H3. The number of hydrogen-bond donors (Lipinski definition) is 2. The first kappa shape index (κ1) is 12.4. The molecule has 0 aromatic heterocycles. The third-order valence-corrected chi connectivity index (χ3v) is 3.56. The molecule has 1 saturated carbocycles. The first-order valence-corrected chi connectivity index (χ1v) is 6.40. The highest BCUT2D eigenvalue weighted by atomic mass is 16.5. The van der Waals surface area contributed by atoms with Crippen LogP contribution in [0.25, 0.3) is 0 Å². The lowest BCUT2D eigenvalue weighted by Gasteiger charge is -2.19. The first-order chi connectivity index (χ1) is 8.29. The van der Waals surface area contributed by atoms with Gasteiger partial charge >= 0.3 is 0 Å². The van der Waals surface area contributed by atoms with Crippen molar-refractivity contribution in [3.05, 3.63) is 29.8 Å². The predicted octanol–water partition coefficient (Wildman–Crippen LogP) is 1.97. The molecule has 3 nitrogen and oxygen atoms in total. The molecule has 3 N–H and O–H groups in total. The zero-order chi connectivity index (χ0) is 12.1. The van der Waals surface area contributed by atoms with E-state index in [2.05, 4.69) is 17.4 Å². The van der Waals surface area contributed by atoms with Crippen LogP contribution < -0.4 is 11.1 Å². The Labute approximate surface area is 103 Å². The molecule has 2 atom stereocenters. The Kier molecular flexibility index (Phi) is 4.40. The van der Waals surface area contributed by atoms with Crippen LogP contribution in [0.2, 0.25) is 0 Å². The molecule has 0 amide bonds. The molecule has 0 bridgehead atoms. The normalized spacial score (nSPS) is 24.1. The van der Waals surface area contributed by atoms with Gasteiger partial charge < -0.3 is 15.8 Å². The van der Waals surface area contributed by atoms with E-state index < -0.39 is 0 Å². The Bertz CT molecular complexity index is 337. The molecule has 1 aliphatic rings. The van der Waals surface area contributed by atoms with Crippen molar-refractivity contribution in [1.29, 1.82) is 0 Å². The van der Waals surface area contributed by atoms with Crippen LogP contribution in [0.4, 0.5) is 5.69 Å². The van der Waals surface area contributed by atoms with Crippen molar-refractivity contribution in [3.63, 3.8) is 0 Å². The zero-order valence-corrected chi connectivity index (χ0v) is 10.5. The third kappa shape index (κ3) is 3.45. The number of hydrogen-bond acceptors (Lipinski definition) is 3. The van der Waals surface area contributed by atoms with E-state index >= 15 is 0 Å². The number of nitrogen functional groups attached to an aromatic ring is 1. The molecular formula is C14H22N2O. The summed E-state index contributed by atoms with van der Waals surface area (Å²) >= 11 is 0. The van der Waals surface area contributed by atoms with Gasteiger partial charge in [-0.25, -0.2) is 0 Å². The van der Waals surface area contributed by atoms with Crippen LogP contribution in [0, 0.1) is 0 Å². The topological polar surface area (TPSA) is 47.3 Å². The molecular weight excluding hydrogens is 212 g/mol. The molecule has 94 valence electrons. The van der Waals surface area contributed by atoms with Crippen molar-refractivity contribution in [2.45, 2.75) is 37.8 Å². The molecule has 1 aliphatic carbocycles. The number of rotatable bonds is 5. The largest absolute Gasteiger partial charge is 0.399 e. The van der Waals surface area contributed by atoms with Crippen LogP contribution in [0.3, 0.4) is 0 Å². The molecule has 0 spiro atoms. The van der Waals surface area contributed by atoms with Crippen LogP contribution in [-0.2, 0) is 11.2 Å². The average molecular weight is 234 g/mol. The molecule has 0 heterocycles. The summed E-state index contributed by atoms with van der Waals surface area (Å²) in [5.41, 5.74) is 7.82. The van der Waals surface area contributed by atoms with Gasteiger partial charge in [-0.3, -0.25) is 0 Å². The van der Waals surface area contributed by atoms with Crippen molar-refractivity contribution >= 4 is 5.69 Å². The minimum absolute atomic E-state index is 0.404. The number of ether oxygens (including phenoxy) is 1. The maximum absolute atomic E-state index is 5.66. The van der Waals surface area contributed by atoms with Gasteiger partial charge in [0.2, 0.25) is 0 Å². The Hall–Kier alpha value is -1.06. The van der Waals surface area contributed by atoms with E-state index in [0.29, 0.717) is 12.1 Å². The van der Waals surface area contributed by atoms with Crippen LogP contribution >= 0.6 is 0 Å². The lowest BCUT2D eigenvalue weighted by atomic mass is 10.1. The Balaban J connectivity index is 1.74. The number of methoxy groups -OCH3 is 1. The van der Waals surface area contributed by atoms with Gasteiger partial charge in [-0.15, -0.1) is 0 Å². The maximum atomic E-state index is 5.66. The maximum Gasteiger partial charge on any atom is 0.0724 e. The van der Waals surface area contributed by atoms with E-state index in [9.17, 15) is 0 Å². The molecule has 2 rings (SSSR count). The van der Waals surface area contributed by atoms with E-state index in [1.807, 2.05) is 19.2 Å². The van der Waals surface area contributed by atoms with Crippen molar-refractivity contribution in [2.24, 2.45) is 0 Å². The van der Waals surface area contributed by atoms with Gasteiger partial charge in [0.05, 0.1) is 6.10 Å². The van der Waals surface area contributed by atoms with Crippen molar-refractivity contribution in [1.82, 2.24) is 5.32 Å². The van der Waals surface area contributed by atoms with Crippen molar-refractivity contribution < 1.29 is 4.74 Å². The lowest BCUT2D eigenvalue weighted by molar-refractivity contribution is 0.0854. The van der Waals surface area contributed by atoms with E-state index in [0.717, 1.165) is 18.7 Å². The second-order valence-electron chi connectivity index (χ2n) is 4.76. The fourth-order valence-electron chi connectivity index (χ4n) is 2.53. The molecule has 1 aromatic rings. The van der Waals surface area contributed by atoms with Crippen LogP contribution in [0.5, 0.6) is 0 Å². The summed E-state index contributed by atoms with van der Waals surface area (Å²) in [6.45, 7) is 1.01. The average Bonchev–Trinajstić information content (AvgIpc) is 2.79. The Morgan fingerprint density at radius 1 is 1.29 bits per heavy atom. The first-order valence-electron chi connectivity index (χ1n) is 6.40. The molecule has 3 heteroatoms. The number of nitrogens with two attached hydrogens (primary N) is 1. The van der Waals surface area contributed by atoms with Gasteiger partial charge in [0.1, 0.15) is 0 Å². The third-order valence-electron chi connectivity index (χ3n) is 3.56. The summed E-state index contributed by atoms with van der Waals surface area (Å²) in [7, 11) is 1.81. The van der Waals surface area contributed by atoms with Gasteiger partial charge in [0.25, 0.3) is 0 Å². The highest BCUT2D eigenvalue weighted by molar-refractivity contribution is 5.39. The minimum Gasteiger partial charge on any atom is -0.399 e. The van der Waals surface area contributed by atoms with Crippen LogP contribution in [-0.4, -0.2) is 25.8 Å². The SMILES string of the molecule is COC1CCCC1NCCc1ccc(N)cc1. The highest BCUT2D eigenvalue weighted by Gasteiger charge is 2.25. The summed E-state index contributed by atoms with van der Waals surface area (Å²) in [6.07, 6.45) is 5.16. The quantitative estimate of drug-likeness (QED) is 0.766. The predicted molar refractivity (Wildman–Crippen MR) is 71.0 cm³/mol. The van der Waals surface area contributed by atoms with Gasteiger partial charge in [-0.2, -0.15) is 0 Å². The highest BCUT2D eigenvalue weighted by Crippen LogP contribution is 2.21. The second kappa shape index (κ2) is 6.03. The molecule has 1 aromatic carbocycles. The molecule has 2 unspecified atom stereocenters. The van der Waals surface area contributed by atoms with E-state index in [1.54, 1.807) is 0 Å². The number of nitrogens with one attached hydrogen (secondary N) is 1. The molecule has 17 heavy (non-hydrogen) atoms. The number of benzene rings is 1. The van der Waals surface area contributed by atoms with E-state index in [1.165, 1.54) is 24.8 Å². The van der Waals surface area contributed by atoms with Crippen molar-refractivity contribution in [2.75, 3.05) is 19.4 Å². The van der Waals surface area contributed by atoms with Gasteiger partial charge in [0.15, 0.2) is 0 Å². The Morgan fingerprint density at radius 2 is 2.06 bits per heavy atom. The molecule has 0 radical (unpaired) electrons. The fraction of sp³-hybridized carbons (Fsp3) is 0.571. The fourth-order valence-corrected chi connectivity index (χ4v) is 2.53.